The van der Waals surface area contributed by atoms with E-state index in [9.17, 15) is 0 Å². The van der Waals surface area contributed by atoms with Crippen molar-refractivity contribution in [3.05, 3.63) is 90.1 Å². The molecule has 0 atom stereocenters. The maximum Gasteiger partial charge on any atom is 4.00 e. The number of benzene rings is 1. The molecule has 1 aromatic carbocycles. The number of halogens is 1. The maximum atomic E-state index is 5.65. The molecule has 2 aliphatic rings. The first-order valence-electron chi connectivity index (χ1n) is 9.29. The van der Waals surface area contributed by atoms with Crippen molar-refractivity contribution >= 4 is 6.08 Å². The molecule has 0 bridgehead atoms. The molecule has 2 aliphatic carbocycles. The molecule has 0 spiro atoms. The van der Waals surface area contributed by atoms with Gasteiger partial charge in [0.2, 0.25) is 0 Å². The summed E-state index contributed by atoms with van der Waals surface area (Å²) in [5, 5.41) is 0. The predicted molar refractivity (Wildman–Crippen MR) is 116 cm³/mol. The molecule has 28 heavy (non-hydrogen) atoms. The molecule has 3 rings (SSSR count). The van der Waals surface area contributed by atoms with Gasteiger partial charge in [-0.1, -0.05) is 58.7 Å². The number of hydrogen-bond acceptors (Lipinski definition) is 0. The predicted octanol–water partition coefficient (Wildman–Crippen LogP) is 4.34. The van der Waals surface area contributed by atoms with E-state index < -0.39 is 0 Å². The van der Waals surface area contributed by atoms with Gasteiger partial charge in [0.25, 0.3) is 0 Å². The van der Waals surface area contributed by atoms with Gasteiger partial charge in [0.1, 0.15) is 0 Å². The Bertz CT molecular complexity index is 618. The molecule has 2 heteroatoms. The van der Waals surface area contributed by atoms with Crippen LogP contribution in [0.25, 0.3) is 6.08 Å². The quantitative estimate of drug-likeness (QED) is 0.534. The Labute approximate surface area is 199 Å². The van der Waals surface area contributed by atoms with Gasteiger partial charge < -0.3 is 12.4 Å². The normalized spacial score (nSPS) is 13.5. The van der Waals surface area contributed by atoms with Crippen LogP contribution < -0.4 is 12.4 Å². The van der Waals surface area contributed by atoms with Crippen LogP contribution in [0.4, 0.5) is 0 Å². The Balaban J connectivity index is 0. The van der Waals surface area contributed by atoms with Gasteiger partial charge in [-0.3, -0.25) is 18.7 Å². The minimum absolute atomic E-state index is 0. The van der Waals surface area contributed by atoms with Crippen LogP contribution >= 0.6 is 0 Å². The van der Waals surface area contributed by atoms with Gasteiger partial charge in [0.05, 0.1) is 0 Å². The van der Waals surface area contributed by atoms with E-state index in [1.807, 2.05) is 24.3 Å². The van der Waals surface area contributed by atoms with Crippen LogP contribution in [0.5, 0.6) is 0 Å². The van der Waals surface area contributed by atoms with Crippen molar-refractivity contribution in [2.75, 3.05) is 0 Å². The molecule has 0 heterocycles. The van der Waals surface area contributed by atoms with Crippen LogP contribution in [0.2, 0.25) is 0 Å². The Morgan fingerprint density at radius 2 is 1.18 bits per heavy atom. The molecule has 0 nitrogen and oxygen atoms in total. The third-order valence-electron chi connectivity index (χ3n) is 4.05. The van der Waals surface area contributed by atoms with Gasteiger partial charge in [0.15, 0.2) is 0 Å². The summed E-state index contributed by atoms with van der Waals surface area (Å²) in [6.45, 7) is 19.0. The van der Waals surface area contributed by atoms with Gasteiger partial charge >= 0.3 is 26.2 Å². The SMILES string of the molecule is [C-]1=CC=CC1.[C-]1=CC=CC1.[CH-]=Cc1cc(C(C)(C)C)cc(C(C)(C)C)c1.[Cl-].[Zr+4]. The molecule has 0 N–H and O–H groups in total. The molecule has 0 aliphatic heterocycles. The number of hydrogen-bond donors (Lipinski definition) is 0. The average molecular weight is 472 g/mol. The largest absolute Gasteiger partial charge is 4.00 e. The number of allylic oxidation sites excluding steroid dienone is 8. The fourth-order valence-electron chi connectivity index (χ4n) is 2.29. The van der Waals surface area contributed by atoms with E-state index in [2.05, 4.69) is 84.0 Å². The van der Waals surface area contributed by atoms with E-state index in [0.29, 0.717) is 0 Å². The molecule has 0 radical (unpaired) electrons. The average Bonchev–Trinajstić information content (AvgIpc) is 3.30. The summed E-state index contributed by atoms with van der Waals surface area (Å²) in [6, 6.07) is 6.65. The summed E-state index contributed by atoms with van der Waals surface area (Å²) >= 11 is 0. The summed E-state index contributed by atoms with van der Waals surface area (Å²) in [4.78, 5) is 0. The monoisotopic (exact) mass is 470 g/mol. The summed E-state index contributed by atoms with van der Waals surface area (Å²) < 4.78 is 0. The molecule has 0 saturated carbocycles. The zero-order valence-corrected chi connectivity index (χ0v) is 21.4. The van der Waals surface area contributed by atoms with Crippen molar-refractivity contribution in [2.24, 2.45) is 0 Å². The van der Waals surface area contributed by atoms with E-state index in [1.165, 1.54) is 11.1 Å². The molecule has 0 saturated heterocycles. The first kappa shape index (κ1) is 29.3. The second-order valence-corrected chi connectivity index (χ2v) is 8.52. The second-order valence-electron chi connectivity index (χ2n) is 8.52. The van der Waals surface area contributed by atoms with Gasteiger partial charge in [0, 0.05) is 0 Å². The first-order chi connectivity index (χ1) is 12.1. The van der Waals surface area contributed by atoms with Crippen molar-refractivity contribution in [2.45, 2.75) is 65.2 Å². The van der Waals surface area contributed by atoms with Crippen LogP contribution in [-0.2, 0) is 37.0 Å². The summed E-state index contributed by atoms with van der Waals surface area (Å²) in [6.07, 6.45) is 21.7. The van der Waals surface area contributed by atoms with E-state index in [0.717, 1.165) is 18.4 Å². The van der Waals surface area contributed by atoms with Crippen LogP contribution in [0.1, 0.15) is 71.1 Å². The van der Waals surface area contributed by atoms with Crippen molar-refractivity contribution in [1.82, 2.24) is 0 Å². The Morgan fingerprint density at radius 3 is 1.36 bits per heavy atom. The fraction of sp³-hybridized carbons (Fsp3) is 0.385. The van der Waals surface area contributed by atoms with Crippen molar-refractivity contribution in [1.29, 1.82) is 0 Å². The Morgan fingerprint density at radius 1 is 0.786 bits per heavy atom. The third-order valence-corrected chi connectivity index (χ3v) is 4.05. The van der Waals surface area contributed by atoms with Crippen LogP contribution in [-0.4, -0.2) is 0 Å². The van der Waals surface area contributed by atoms with Gasteiger partial charge in [-0.15, -0.1) is 25.0 Å². The first-order valence-corrected chi connectivity index (χ1v) is 9.29. The Kier molecular flexibility index (Phi) is 14.8. The van der Waals surface area contributed by atoms with Gasteiger partial charge in [-0.2, -0.15) is 17.7 Å². The van der Waals surface area contributed by atoms with E-state index in [-0.39, 0.29) is 49.4 Å². The molecule has 148 valence electrons. The van der Waals surface area contributed by atoms with Crippen molar-refractivity contribution < 1.29 is 38.6 Å². The third kappa shape index (κ3) is 11.8. The smallest absolute Gasteiger partial charge is 1.00 e. The maximum absolute atomic E-state index is 5.65. The molecule has 1 aromatic rings. The molecule has 0 aromatic heterocycles. The van der Waals surface area contributed by atoms with E-state index in [4.69, 9.17) is 6.58 Å². The van der Waals surface area contributed by atoms with Gasteiger partial charge in [-0.25, -0.2) is 30.4 Å². The molecule has 0 amide bonds. The van der Waals surface area contributed by atoms with Crippen molar-refractivity contribution in [3.8, 4) is 0 Å². The van der Waals surface area contributed by atoms with Gasteiger partial charge in [-0.05, 0) is 10.8 Å². The van der Waals surface area contributed by atoms with Crippen LogP contribution in [0.15, 0.2) is 54.7 Å². The van der Waals surface area contributed by atoms with E-state index >= 15 is 0 Å². The zero-order chi connectivity index (χ0) is 19.6. The molecule has 0 unspecified atom stereocenters. The molecule has 0 fully saturated rings. The molecular weight excluding hydrogens is 439 g/mol. The van der Waals surface area contributed by atoms with Crippen LogP contribution in [0.3, 0.4) is 0 Å². The van der Waals surface area contributed by atoms with Crippen molar-refractivity contribution in [3.63, 3.8) is 0 Å². The zero-order valence-electron chi connectivity index (χ0n) is 18.1. The summed E-state index contributed by atoms with van der Waals surface area (Å²) in [5.41, 5.74) is 4.13. The standard InChI is InChI=1S/C16H23.2C5H5.ClH.Zr/c1-8-12-9-13(15(2,3)4)11-14(10-12)16(5,6)7;2*1-2-4-5-3-1;;/h1,8-11H,2-7H3;2*1-3H,4H2;1H;/q3*-1;;+4/p-1. The minimum Gasteiger partial charge on any atom is -1.00 e. The summed E-state index contributed by atoms with van der Waals surface area (Å²) in [7, 11) is 0. The minimum atomic E-state index is 0. The second kappa shape index (κ2) is 14.1. The molecular formula is C26H33ClZr. The topological polar surface area (TPSA) is 0 Å². The summed E-state index contributed by atoms with van der Waals surface area (Å²) in [5.74, 6) is 0. The number of rotatable bonds is 1. The van der Waals surface area contributed by atoms with Crippen LogP contribution in [0, 0.1) is 18.7 Å². The van der Waals surface area contributed by atoms with E-state index in [1.54, 1.807) is 6.08 Å². The Hall–Kier alpha value is -0.907. The fourth-order valence-corrected chi connectivity index (χ4v) is 2.29.